The molecule has 3 aliphatic carbocycles. The highest BCUT2D eigenvalue weighted by Crippen LogP contribution is 2.59. The molecule has 0 aliphatic heterocycles. The van der Waals surface area contributed by atoms with Crippen molar-refractivity contribution >= 4 is 0 Å². The fourth-order valence-electron chi connectivity index (χ4n) is 3.89. The van der Waals surface area contributed by atoms with Crippen LogP contribution < -0.4 is 0 Å². The average Bonchev–Trinajstić information content (AvgIpc) is 2.81. The Bertz CT molecular complexity index is 260. The zero-order chi connectivity index (χ0) is 10.1. The van der Waals surface area contributed by atoms with E-state index in [1.165, 1.54) is 77.0 Å². The second kappa shape index (κ2) is 3.96. The van der Waals surface area contributed by atoms with Crippen molar-refractivity contribution in [2.75, 3.05) is 0 Å². The second-order valence-electron chi connectivity index (χ2n) is 5.98. The van der Waals surface area contributed by atoms with Gasteiger partial charge in [0.25, 0.3) is 0 Å². The van der Waals surface area contributed by atoms with Crippen molar-refractivity contribution in [3.8, 4) is 0 Å². The minimum absolute atomic E-state index is 0.764. The molecule has 0 aromatic heterocycles. The Morgan fingerprint density at radius 2 is 1.27 bits per heavy atom. The first-order valence-electron chi connectivity index (χ1n) is 7.12. The minimum atomic E-state index is 0.764. The van der Waals surface area contributed by atoms with Gasteiger partial charge in [-0.3, -0.25) is 0 Å². The molecule has 15 heavy (non-hydrogen) atoms. The van der Waals surface area contributed by atoms with Crippen LogP contribution in [0.5, 0.6) is 0 Å². The van der Waals surface area contributed by atoms with Crippen molar-refractivity contribution in [2.24, 2.45) is 5.41 Å². The molecule has 84 valence electrons. The van der Waals surface area contributed by atoms with Crippen LogP contribution in [0.15, 0.2) is 11.1 Å². The molecule has 0 nitrogen and oxygen atoms in total. The molecule has 0 saturated heterocycles. The summed E-state index contributed by atoms with van der Waals surface area (Å²) in [6.45, 7) is 0. The highest BCUT2D eigenvalue weighted by molar-refractivity contribution is 5.29. The summed E-state index contributed by atoms with van der Waals surface area (Å²) in [4.78, 5) is 0. The Hall–Kier alpha value is -0.260. The lowest BCUT2D eigenvalue weighted by atomic mass is 9.80. The average molecular weight is 204 g/mol. The molecule has 0 radical (unpaired) electrons. The van der Waals surface area contributed by atoms with Crippen LogP contribution in [-0.4, -0.2) is 0 Å². The fourth-order valence-corrected chi connectivity index (χ4v) is 3.89. The zero-order valence-corrected chi connectivity index (χ0v) is 9.99. The monoisotopic (exact) mass is 204 g/mol. The summed E-state index contributed by atoms with van der Waals surface area (Å²) in [7, 11) is 0. The molecule has 0 N–H and O–H groups in total. The molecule has 1 spiro atoms. The maximum Gasteiger partial charge on any atom is -0.00848 e. The van der Waals surface area contributed by atoms with E-state index in [2.05, 4.69) is 0 Å². The molecular weight excluding hydrogens is 180 g/mol. The molecule has 0 aromatic rings. The lowest BCUT2D eigenvalue weighted by Gasteiger charge is -2.25. The van der Waals surface area contributed by atoms with E-state index >= 15 is 0 Å². The van der Waals surface area contributed by atoms with Crippen LogP contribution in [-0.2, 0) is 0 Å². The van der Waals surface area contributed by atoms with Crippen LogP contribution in [0.3, 0.4) is 0 Å². The molecule has 0 amide bonds. The molecule has 3 fully saturated rings. The molecule has 0 aromatic carbocycles. The molecule has 0 heteroatoms. The first-order chi connectivity index (χ1) is 7.41. The first kappa shape index (κ1) is 9.93. The van der Waals surface area contributed by atoms with E-state index in [1.54, 1.807) is 0 Å². The maximum atomic E-state index is 1.97. The summed E-state index contributed by atoms with van der Waals surface area (Å²) in [5.41, 5.74) is 4.65. The molecule has 0 bridgehead atoms. The Labute approximate surface area is 94.1 Å². The summed E-state index contributed by atoms with van der Waals surface area (Å²) < 4.78 is 0. The van der Waals surface area contributed by atoms with E-state index in [-0.39, 0.29) is 0 Å². The number of hydrogen-bond acceptors (Lipinski definition) is 0. The van der Waals surface area contributed by atoms with E-state index in [1.807, 2.05) is 11.1 Å². The Balaban J connectivity index is 1.85. The van der Waals surface area contributed by atoms with Crippen molar-refractivity contribution in [1.29, 1.82) is 0 Å². The van der Waals surface area contributed by atoms with Crippen molar-refractivity contribution in [1.82, 2.24) is 0 Å². The lowest BCUT2D eigenvalue weighted by molar-refractivity contribution is 0.440. The van der Waals surface area contributed by atoms with Gasteiger partial charge in [-0.25, -0.2) is 0 Å². The van der Waals surface area contributed by atoms with Crippen LogP contribution >= 0.6 is 0 Å². The lowest BCUT2D eigenvalue weighted by Crippen LogP contribution is -2.10. The van der Waals surface area contributed by atoms with Crippen LogP contribution in [0, 0.1) is 5.41 Å². The SMILES string of the molecule is C1CCCC2(CC2)C(=C2CCCC2)CC1. The molecule has 3 rings (SSSR count). The third kappa shape index (κ3) is 1.88. The van der Waals surface area contributed by atoms with E-state index in [9.17, 15) is 0 Å². The Morgan fingerprint density at radius 3 is 2.00 bits per heavy atom. The predicted molar refractivity (Wildman–Crippen MR) is 64.9 cm³/mol. The normalized spacial score (nSPS) is 30.4. The standard InChI is InChI=1S/C15H24/c1-2-6-10-15(11-12-15)14(9-3-1)13-7-4-5-8-13/h1-12H2. The highest BCUT2D eigenvalue weighted by atomic mass is 14.5. The van der Waals surface area contributed by atoms with Gasteiger partial charge in [0.1, 0.15) is 0 Å². The third-order valence-corrected chi connectivity index (χ3v) is 4.96. The predicted octanol–water partition coefficient (Wildman–Crippen LogP) is 4.99. The third-order valence-electron chi connectivity index (χ3n) is 4.96. The molecule has 3 aliphatic rings. The molecule has 0 unspecified atom stereocenters. The number of hydrogen-bond donors (Lipinski definition) is 0. The van der Waals surface area contributed by atoms with Gasteiger partial charge < -0.3 is 0 Å². The second-order valence-corrected chi connectivity index (χ2v) is 5.98. The first-order valence-corrected chi connectivity index (χ1v) is 7.12. The molecule has 3 saturated carbocycles. The van der Waals surface area contributed by atoms with Gasteiger partial charge in [-0.05, 0) is 63.2 Å². The van der Waals surface area contributed by atoms with Crippen molar-refractivity contribution in [3.63, 3.8) is 0 Å². The Kier molecular flexibility index (Phi) is 2.62. The van der Waals surface area contributed by atoms with Gasteiger partial charge in [0, 0.05) is 0 Å². The van der Waals surface area contributed by atoms with Gasteiger partial charge in [-0.15, -0.1) is 0 Å². The van der Waals surface area contributed by atoms with Gasteiger partial charge in [0.15, 0.2) is 0 Å². The summed E-state index contributed by atoms with van der Waals surface area (Å²) in [5, 5.41) is 0. The largest absolute Gasteiger partial charge is 0.0704 e. The van der Waals surface area contributed by atoms with E-state index in [4.69, 9.17) is 0 Å². The molecular formula is C15H24. The van der Waals surface area contributed by atoms with Crippen LogP contribution in [0.2, 0.25) is 0 Å². The summed E-state index contributed by atoms with van der Waals surface area (Å²) >= 11 is 0. The van der Waals surface area contributed by atoms with Gasteiger partial charge in [-0.2, -0.15) is 0 Å². The number of rotatable bonds is 0. The van der Waals surface area contributed by atoms with Crippen LogP contribution in [0.1, 0.15) is 77.0 Å². The minimum Gasteiger partial charge on any atom is -0.0704 e. The van der Waals surface area contributed by atoms with E-state index in [0.29, 0.717) is 0 Å². The topological polar surface area (TPSA) is 0 Å². The van der Waals surface area contributed by atoms with Gasteiger partial charge >= 0.3 is 0 Å². The molecule has 0 atom stereocenters. The van der Waals surface area contributed by atoms with Crippen molar-refractivity contribution in [2.45, 2.75) is 77.0 Å². The van der Waals surface area contributed by atoms with E-state index < -0.39 is 0 Å². The zero-order valence-electron chi connectivity index (χ0n) is 9.99. The summed E-state index contributed by atoms with van der Waals surface area (Å²) in [6, 6.07) is 0. The van der Waals surface area contributed by atoms with Gasteiger partial charge in [0.05, 0.1) is 0 Å². The Morgan fingerprint density at radius 1 is 0.600 bits per heavy atom. The maximum absolute atomic E-state index is 1.97. The highest BCUT2D eigenvalue weighted by Gasteiger charge is 2.46. The number of allylic oxidation sites excluding steroid dienone is 2. The van der Waals surface area contributed by atoms with Gasteiger partial charge in [-0.1, -0.05) is 30.4 Å². The molecule has 0 heterocycles. The fraction of sp³-hybridized carbons (Fsp3) is 0.867. The summed E-state index contributed by atoms with van der Waals surface area (Å²) in [6.07, 6.45) is 17.9. The van der Waals surface area contributed by atoms with Crippen molar-refractivity contribution < 1.29 is 0 Å². The van der Waals surface area contributed by atoms with Gasteiger partial charge in [0.2, 0.25) is 0 Å². The smallest absolute Gasteiger partial charge is 0.00848 e. The van der Waals surface area contributed by atoms with Crippen LogP contribution in [0.25, 0.3) is 0 Å². The quantitative estimate of drug-likeness (QED) is 0.487. The summed E-state index contributed by atoms with van der Waals surface area (Å²) in [5.74, 6) is 0. The van der Waals surface area contributed by atoms with E-state index in [0.717, 1.165) is 5.41 Å². The van der Waals surface area contributed by atoms with Crippen LogP contribution in [0.4, 0.5) is 0 Å². The van der Waals surface area contributed by atoms with Crippen molar-refractivity contribution in [3.05, 3.63) is 11.1 Å².